The van der Waals surface area contributed by atoms with Crippen LogP contribution in [0.25, 0.3) is 0 Å². The molecule has 0 spiro atoms. The first-order valence-electron chi connectivity index (χ1n) is 6.32. The Balaban J connectivity index is 1.48. The molecule has 0 radical (unpaired) electrons. The third-order valence-corrected chi connectivity index (χ3v) is 3.10. The topological polar surface area (TPSA) is 47.6 Å². The molecule has 2 aliphatic rings. The van der Waals surface area contributed by atoms with E-state index in [2.05, 4.69) is 5.32 Å². The second kappa shape index (κ2) is 6.21. The van der Waals surface area contributed by atoms with E-state index in [9.17, 15) is 4.79 Å². The fourth-order valence-electron chi connectivity index (χ4n) is 1.88. The van der Waals surface area contributed by atoms with E-state index in [1.54, 1.807) is 0 Å². The average Bonchev–Trinajstić information content (AvgIpc) is 3.12. The Labute approximate surface area is 96.7 Å². The number of rotatable bonds is 6. The van der Waals surface area contributed by atoms with Crippen molar-refractivity contribution in [1.29, 1.82) is 0 Å². The van der Waals surface area contributed by atoms with Crippen LogP contribution < -0.4 is 5.32 Å². The van der Waals surface area contributed by atoms with Crippen LogP contribution >= 0.6 is 0 Å². The van der Waals surface area contributed by atoms with Gasteiger partial charge in [-0.15, -0.1) is 0 Å². The van der Waals surface area contributed by atoms with Gasteiger partial charge in [0, 0.05) is 6.61 Å². The van der Waals surface area contributed by atoms with Gasteiger partial charge in [0.15, 0.2) is 0 Å². The first-order chi connectivity index (χ1) is 7.84. The zero-order valence-corrected chi connectivity index (χ0v) is 9.74. The normalized spacial score (nSPS) is 25.4. The van der Waals surface area contributed by atoms with E-state index in [1.807, 2.05) is 0 Å². The van der Waals surface area contributed by atoms with Crippen LogP contribution in [-0.4, -0.2) is 38.4 Å². The molecule has 1 saturated carbocycles. The molecule has 16 heavy (non-hydrogen) atoms. The maximum Gasteiger partial charge on any atom is 0.320 e. The molecule has 0 aromatic rings. The van der Waals surface area contributed by atoms with Gasteiger partial charge < -0.3 is 14.8 Å². The summed E-state index contributed by atoms with van der Waals surface area (Å²) in [6.45, 7) is 2.52. The molecule has 1 heterocycles. The summed E-state index contributed by atoms with van der Waals surface area (Å²) in [5.74, 6) is 0.643. The number of esters is 1. The Bertz CT molecular complexity index is 222. The summed E-state index contributed by atoms with van der Waals surface area (Å²) >= 11 is 0. The molecule has 1 saturated heterocycles. The molecule has 1 aliphatic carbocycles. The van der Waals surface area contributed by atoms with Crippen molar-refractivity contribution in [3.63, 3.8) is 0 Å². The number of carbonyl (C=O) groups excluding carboxylic acids is 1. The van der Waals surface area contributed by atoms with E-state index >= 15 is 0 Å². The number of hydrogen-bond donors (Lipinski definition) is 1. The lowest BCUT2D eigenvalue weighted by Crippen LogP contribution is -2.30. The van der Waals surface area contributed by atoms with Crippen LogP contribution in [0.4, 0.5) is 0 Å². The zero-order valence-electron chi connectivity index (χ0n) is 9.74. The van der Waals surface area contributed by atoms with Crippen molar-refractivity contribution in [3.05, 3.63) is 0 Å². The van der Waals surface area contributed by atoms with E-state index in [-0.39, 0.29) is 12.1 Å². The summed E-state index contributed by atoms with van der Waals surface area (Å²) in [4.78, 5) is 11.3. The largest absolute Gasteiger partial charge is 0.462 e. The Hall–Kier alpha value is -0.610. The maximum atomic E-state index is 11.3. The van der Waals surface area contributed by atoms with Crippen LogP contribution in [0.15, 0.2) is 0 Å². The Morgan fingerprint density at radius 1 is 1.31 bits per heavy atom. The predicted molar refractivity (Wildman–Crippen MR) is 60.1 cm³/mol. The number of carbonyl (C=O) groups is 1. The maximum absolute atomic E-state index is 11.3. The third kappa shape index (κ3) is 4.49. The summed E-state index contributed by atoms with van der Waals surface area (Å²) in [7, 11) is 0. The molecule has 0 aromatic heterocycles. The fourth-order valence-corrected chi connectivity index (χ4v) is 1.88. The highest BCUT2D eigenvalue weighted by atomic mass is 16.6. The van der Waals surface area contributed by atoms with E-state index < -0.39 is 0 Å². The Kier molecular flexibility index (Phi) is 4.60. The van der Waals surface area contributed by atoms with Crippen molar-refractivity contribution in [2.24, 2.45) is 5.92 Å². The molecule has 1 aliphatic heterocycles. The van der Waals surface area contributed by atoms with Crippen LogP contribution in [0.1, 0.15) is 32.1 Å². The minimum absolute atomic E-state index is 0.126. The predicted octanol–water partition coefficient (Wildman–Crippen LogP) is 1.10. The zero-order chi connectivity index (χ0) is 11.2. The number of nitrogens with one attached hydrogen (secondary N) is 1. The molecule has 1 N–H and O–H groups in total. The van der Waals surface area contributed by atoms with Crippen molar-refractivity contribution < 1.29 is 14.3 Å². The molecule has 92 valence electrons. The molecule has 4 nitrogen and oxygen atoms in total. The van der Waals surface area contributed by atoms with Gasteiger partial charge in [0.25, 0.3) is 0 Å². The summed E-state index contributed by atoms with van der Waals surface area (Å²) in [5, 5.41) is 3.12. The smallest absolute Gasteiger partial charge is 0.320 e. The first-order valence-corrected chi connectivity index (χ1v) is 6.32. The SMILES string of the molecule is O=C(CNCC1CC1)OCC1CCCCO1. The lowest BCUT2D eigenvalue weighted by molar-refractivity contribution is -0.148. The van der Waals surface area contributed by atoms with E-state index in [0.717, 1.165) is 31.9 Å². The van der Waals surface area contributed by atoms with Crippen molar-refractivity contribution in [2.75, 3.05) is 26.3 Å². The molecule has 1 atom stereocenters. The highest BCUT2D eigenvalue weighted by Crippen LogP contribution is 2.27. The van der Waals surface area contributed by atoms with Crippen molar-refractivity contribution in [2.45, 2.75) is 38.2 Å². The molecule has 0 amide bonds. The summed E-state index contributed by atoms with van der Waals surface area (Å²) in [6, 6.07) is 0. The van der Waals surface area contributed by atoms with Gasteiger partial charge in [0.2, 0.25) is 0 Å². The molecular formula is C12H21NO3. The van der Waals surface area contributed by atoms with Gasteiger partial charge in [0.1, 0.15) is 6.61 Å². The Morgan fingerprint density at radius 2 is 2.19 bits per heavy atom. The van der Waals surface area contributed by atoms with Crippen molar-refractivity contribution in [1.82, 2.24) is 5.32 Å². The fraction of sp³-hybridized carbons (Fsp3) is 0.917. The average molecular weight is 227 g/mol. The van der Waals surface area contributed by atoms with Crippen LogP contribution in [0.2, 0.25) is 0 Å². The Morgan fingerprint density at radius 3 is 2.88 bits per heavy atom. The van der Waals surface area contributed by atoms with E-state index in [1.165, 1.54) is 19.3 Å². The third-order valence-electron chi connectivity index (χ3n) is 3.10. The van der Waals surface area contributed by atoms with E-state index in [4.69, 9.17) is 9.47 Å². The molecular weight excluding hydrogens is 206 g/mol. The monoisotopic (exact) mass is 227 g/mol. The van der Waals surface area contributed by atoms with Crippen LogP contribution in [-0.2, 0) is 14.3 Å². The van der Waals surface area contributed by atoms with E-state index in [0.29, 0.717) is 13.2 Å². The van der Waals surface area contributed by atoms with Gasteiger partial charge in [-0.25, -0.2) is 0 Å². The standard InChI is InChI=1S/C12H21NO3/c14-12(8-13-7-10-4-5-10)16-9-11-3-1-2-6-15-11/h10-11,13H,1-9H2. The van der Waals surface area contributed by atoms with Crippen LogP contribution in [0.5, 0.6) is 0 Å². The summed E-state index contributed by atoms with van der Waals surface area (Å²) in [6.07, 6.45) is 6.06. The van der Waals surface area contributed by atoms with Gasteiger partial charge in [-0.3, -0.25) is 4.79 Å². The van der Waals surface area contributed by atoms with Crippen LogP contribution in [0.3, 0.4) is 0 Å². The van der Waals surface area contributed by atoms with Gasteiger partial charge >= 0.3 is 5.97 Å². The lowest BCUT2D eigenvalue weighted by Gasteiger charge is -2.22. The van der Waals surface area contributed by atoms with Crippen molar-refractivity contribution in [3.8, 4) is 0 Å². The minimum atomic E-state index is -0.158. The first kappa shape index (κ1) is 11.9. The highest BCUT2D eigenvalue weighted by molar-refractivity contribution is 5.71. The molecule has 0 bridgehead atoms. The molecule has 0 aromatic carbocycles. The quantitative estimate of drug-likeness (QED) is 0.690. The summed E-state index contributed by atoms with van der Waals surface area (Å²) < 4.78 is 10.6. The number of ether oxygens (including phenoxy) is 2. The second-order valence-electron chi connectivity index (χ2n) is 4.75. The van der Waals surface area contributed by atoms with Gasteiger partial charge in [-0.1, -0.05) is 0 Å². The molecule has 2 rings (SSSR count). The highest BCUT2D eigenvalue weighted by Gasteiger charge is 2.21. The molecule has 2 fully saturated rings. The van der Waals surface area contributed by atoms with Gasteiger partial charge in [0.05, 0.1) is 12.6 Å². The second-order valence-corrected chi connectivity index (χ2v) is 4.75. The summed E-state index contributed by atoms with van der Waals surface area (Å²) in [5.41, 5.74) is 0. The minimum Gasteiger partial charge on any atom is -0.462 e. The van der Waals surface area contributed by atoms with Crippen molar-refractivity contribution >= 4 is 5.97 Å². The van der Waals surface area contributed by atoms with Crippen LogP contribution in [0, 0.1) is 5.92 Å². The molecule has 4 heteroatoms. The van der Waals surface area contributed by atoms with Gasteiger partial charge in [-0.05, 0) is 44.6 Å². The molecule has 1 unspecified atom stereocenters. The van der Waals surface area contributed by atoms with Gasteiger partial charge in [-0.2, -0.15) is 0 Å². The number of hydrogen-bond acceptors (Lipinski definition) is 4. The lowest BCUT2D eigenvalue weighted by atomic mass is 10.1.